The van der Waals surface area contributed by atoms with Crippen molar-refractivity contribution in [2.24, 2.45) is 0 Å². The molecular formula is C22H20N4O5. The minimum absolute atomic E-state index is 0.135. The first-order chi connectivity index (χ1) is 15.0. The molecule has 0 saturated carbocycles. The zero-order valence-electron chi connectivity index (χ0n) is 16.5. The highest BCUT2D eigenvalue weighted by Crippen LogP contribution is 2.29. The van der Waals surface area contributed by atoms with E-state index in [1.165, 1.54) is 18.4 Å². The fourth-order valence-electron chi connectivity index (χ4n) is 3.49. The number of nitro benzene ring substituents is 1. The van der Waals surface area contributed by atoms with E-state index >= 15 is 0 Å². The Hall–Kier alpha value is -4.14. The molecule has 1 saturated heterocycles. The van der Waals surface area contributed by atoms with Crippen LogP contribution in [0.1, 0.15) is 33.8 Å². The lowest BCUT2D eigenvalue weighted by molar-refractivity contribution is -0.384. The summed E-state index contributed by atoms with van der Waals surface area (Å²) in [7, 11) is 0. The number of nitrogens with zero attached hydrogens (tertiary/aromatic N) is 2. The molecule has 0 spiro atoms. The topological polar surface area (TPSA) is 118 Å². The van der Waals surface area contributed by atoms with Crippen molar-refractivity contribution in [2.75, 3.05) is 28.6 Å². The van der Waals surface area contributed by atoms with Crippen LogP contribution in [0.2, 0.25) is 0 Å². The Kier molecular flexibility index (Phi) is 5.65. The summed E-state index contributed by atoms with van der Waals surface area (Å²) < 4.78 is 5.05. The van der Waals surface area contributed by atoms with Crippen LogP contribution in [-0.2, 0) is 0 Å². The minimum atomic E-state index is -0.513. The standard InChI is InChI=1S/C22H20N4O5/c27-21(18-14-17(26(29)30)9-10-19(18)25-11-1-2-12-25)23-15-5-7-16(8-6-15)24-22(28)20-4-3-13-31-20/h3-10,13-14H,1-2,11-12H2,(H,23,27)(H,24,28). The number of non-ortho nitro benzene ring substituents is 1. The van der Waals surface area contributed by atoms with Gasteiger partial charge < -0.3 is 20.0 Å². The third-order valence-corrected chi connectivity index (χ3v) is 5.03. The first-order valence-electron chi connectivity index (χ1n) is 9.81. The monoisotopic (exact) mass is 420 g/mol. The van der Waals surface area contributed by atoms with Crippen molar-refractivity contribution < 1.29 is 18.9 Å². The number of benzene rings is 2. The lowest BCUT2D eigenvalue weighted by atomic mass is 10.1. The Morgan fingerprint density at radius 3 is 2.16 bits per heavy atom. The van der Waals surface area contributed by atoms with Gasteiger partial charge in [-0.2, -0.15) is 0 Å². The van der Waals surface area contributed by atoms with Crippen LogP contribution in [-0.4, -0.2) is 29.8 Å². The number of amides is 2. The smallest absolute Gasteiger partial charge is 0.291 e. The molecule has 4 rings (SSSR count). The third kappa shape index (κ3) is 4.55. The number of furan rings is 1. The molecule has 0 atom stereocenters. The molecule has 1 fully saturated rings. The van der Waals surface area contributed by atoms with E-state index in [1.54, 1.807) is 42.5 Å². The predicted molar refractivity (Wildman–Crippen MR) is 116 cm³/mol. The number of hydrogen-bond donors (Lipinski definition) is 2. The molecule has 158 valence electrons. The lowest BCUT2D eigenvalue weighted by Gasteiger charge is -2.21. The molecule has 2 amide bonds. The second kappa shape index (κ2) is 8.70. The highest BCUT2D eigenvalue weighted by atomic mass is 16.6. The summed E-state index contributed by atoms with van der Waals surface area (Å²) in [6.45, 7) is 1.62. The van der Waals surface area contributed by atoms with Crippen LogP contribution in [0.3, 0.4) is 0 Å². The summed E-state index contributed by atoms with van der Waals surface area (Å²) in [6, 6.07) is 14.1. The summed E-state index contributed by atoms with van der Waals surface area (Å²) in [6.07, 6.45) is 3.45. The van der Waals surface area contributed by atoms with Crippen molar-refractivity contribution in [1.29, 1.82) is 0 Å². The van der Waals surface area contributed by atoms with E-state index in [2.05, 4.69) is 15.5 Å². The Balaban J connectivity index is 1.50. The fraction of sp³-hybridized carbons (Fsp3) is 0.182. The van der Waals surface area contributed by atoms with Crippen LogP contribution in [0.4, 0.5) is 22.7 Å². The van der Waals surface area contributed by atoms with Gasteiger partial charge in [-0.25, -0.2) is 0 Å². The maximum absolute atomic E-state index is 12.9. The van der Waals surface area contributed by atoms with Crippen molar-refractivity contribution in [3.63, 3.8) is 0 Å². The number of anilines is 3. The molecule has 1 aliphatic heterocycles. The van der Waals surface area contributed by atoms with E-state index in [0.717, 1.165) is 25.9 Å². The number of rotatable bonds is 6. The molecule has 31 heavy (non-hydrogen) atoms. The van der Waals surface area contributed by atoms with Crippen molar-refractivity contribution in [3.8, 4) is 0 Å². The Bertz CT molecular complexity index is 1100. The number of nitro groups is 1. The second-order valence-electron chi connectivity index (χ2n) is 7.12. The highest BCUT2D eigenvalue weighted by molar-refractivity contribution is 6.09. The van der Waals surface area contributed by atoms with Crippen LogP contribution in [0.5, 0.6) is 0 Å². The van der Waals surface area contributed by atoms with Gasteiger partial charge in [-0.15, -0.1) is 0 Å². The molecule has 2 heterocycles. The normalized spacial score (nSPS) is 13.1. The SMILES string of the molecule is O=C(Nc1ccc(NC(=O)c2cc([N+](=O)[O-])ccc2N2CCCC2)cc1)c1ccco1. The average molecular weight is 420 g/mol. The summed E-state index contributed by atoms with van der Waals surface area (Å²) in [4.78, 5) is 37.7. The van der Waals surface area contributed by atoms with Gasteiger partial charge in [0.1, 0.15) is 0 Å². The van der Waals surface area contributed by atoms with Gasteiger partial charge in [0, 0.05) is 36.6 Å². The molecule has 2 aromatic carbocycles. The molecular weight excluding hydrogens is 400 g/mol. The van der Waals surface area contributed by atoms with Crippen LogP contribution >= 0.6 is 0 Å². The van der Waals surface area contributed by atoms with E-state index in [1.807, 2.05) is 0 Å². The number of carbonyl (C=O) groups excluding carboxylic acids is 2. The van der Waals surface area contributed by atoms with Gasteiger partial charge in [0.25, 0.3) is 17.5 Å². The Morgan fingerprint density at radius 1 is 0.935 bits per heavy atom. The quantitative estimate of drug-likeness (QED) is 0.454. The largest absolute Gasteiger partial charge is 0.459 e. The summed E-state index contributed by atoms with van der Waals surface area (Å²) in [5.41, 5.74) is 1.84. The van der Waals surface area contributed by atoms with Crippen LogP contribution in [0.25, 0.3) is 0 Å². The van der Waals surface area contributed by atoms with Crippen molar-refractivity contribution in [3.05, 3.63) is 82.3 Å². The van der Waals surface area contributed by atoms with Gasteiger partial charge in [-0.05, 0) is 55.3 Å². The maximum atomic E-state index is 12.9. The summed E-state index contributed by atoms with van der Waals surface area (Å²) in [5.74, 6) is -0.621. The van der Waals surface area contributed by atoms with Gasteiger partial charge in [-0.1, -0.05) is 0 Å². The third-order valence-electron chi connectivity index (χ3n) is 5.03. The molecule has 1 aromatic heterocycles. The molecule has 9 heteroatoms. The number of nitrogens with one attached hydrogen (secondary N) is 2. The van der Waals surface area contributed by atoms with E-state index in [9.17, 15) is 19.7 Å². The van der Waals surface area contributed by atoms with Crippen LogP contribution < -0.4 is 15.5 Å². The highest BCUT2D eigenvalue weighted by Gasteiger charge is 2.22. The predicted octanol–water partition coefficient (Wildman–Crippen LogP) is 4.29. The first kappa shape index (κ1) is 20.1. The van der Waals surface area contributed by atoms with E-state index in [-0.39, 0.29) is 22.9 Å². The zero-order valence-corrected chi connectivity index (χ0v) is 16.5. The van der Waals surface area contributed by atoms with Gasteiger partial charge in [0.15, 0.2) is 5.76 Å². The minimum Gasteiger partial charge on any atom is -0.459 e. The molecule has 0 bridgehead atoms. The molecule has 1 aliphatic rings. The Labute approximate surface area is 177 Å². The van der Waals surface area contributed by atoms with Crippen LogP contribution in [0.15, 0.2) is 65.3 Å². The summed E-state index contributed by atoms with van der Waals surface area (Å²) >= 11 is 0. The van der Waals surface area contributed by atoms with Gasteiger partial charge >= 0.3 is 0 Å². The zero-order chi connectivity index (χ0) is 21.8. The first-order valence-corrected chi connectivity index (χ1v) is 9.81. The summed E-state index contributed by atoms with van der Waals surface area (Å²) in [5, 5.41) is 16.7. The molecule has 3 aromatic rings. The second-order valence-corrected chi connectivity index (χ2v) is 7.12. The molecule has 0 aliphatic carbocycles. The van der Waals surface area contributed by atoms with Gasteiger partial charge in [0.05, 0.1) is 22.4 Å². The van der Waals surface area contributed by atoms with E-state index < -0.39 is 10.8 Å². The van der Waals surface area contributed by atoms with Gasteiger partial charge in [0.2, 0.25) is 0 Å². The average Bonchev–Trinajstić information content (AvgIpc) is 3.49. The maximum Gasteiger partial charge on any atom is 0.291 e. The van der Waals surface area contributed by atoms with Crippen LogP contribution in [0, 0.1) is 10.1 Å². The molecule has 2 N–H and O–H groups in total. The molecule has 0 radical (unpaired) electrons. The lowest BCUT2D eigenvalue weighted by Crippen LogP contribution is -2.23. The van der Waals surface area contributed by atoms with Crippen molar-refractivity contribution in [1.82, 2.24) is 0 Å². The van der Waals surface area contributed by atoms with Gasteiger partial charge in [-0.3, -0.25) is 19.7 Å². The molecule has 0 unspecified atom stereocenters. The number of hydrogen-bond acceptors (Lipinski definition) is 6. The van der Waals surface area contributed by atoms with E-state index in [0.29, 0.717) is 17.1 Å². The Morgan fingerprint density at radius 2 is 1.58 bits per heavy atom. The molecule has 9 nitrogen and oxygen atoms in total. The van der Waals surface area contributed by atoms with Crippen molar-refractivity contribution >= 4 is 34.6 Å². The van der Waals surface area contributed by atoms with Crippen molar-refractivity contribution in [2.45, 2.75) is 12.8 Å². The number of carbonyl (C=O) groups is 2. The van der Waals surface area contributed by atoms with E-state index in [4.69, 9.17) is 4.42 Å². The fourth-order valence-corrected chi connectivity index (χ4v) is 3.49.